The third-order valence-corrected chi connectivity index (χ3v) is 9.72. The van der Waals surface area contributed by atoms with Gasteiger partial charge in [0, 0.05) is 10.8 Å². The SMILES string of the molecule is COc1cc([C@@H]2c3sc(=O)[nH]c3S[C@H]3C(=O)N(c4ccc(F)cc4)C(=O)[C@@H]23)ccc1OCC(=O)Nc1ccccc1C(F)(F)F. The van der Waals surface area contributed by atoms with E-state index in [0.717, 1.165) is 52.3 Å². The maximum Gasteiger partial charge on any atom is 0.418 e. The number of fused-ring (bicyclic) bond motifs is 2. The Kier molecular flexibility index (Phi) is 7.91. The van der Waals surface area contributed by atoms with Crippen LogP contribution in [-0.4, -0.2) is 41.7 Å². The Hall–Kier alpha value is -4.63. The van der Waals surface area contributed by atoms with Crippen LogP contribution in [0.3, 0.4) is 0 Å². The molecule has 3 atom stereocenters. The minimum atomic E-state index is -4.67. The Bertz CT molecular complexity index is 1870. The summed E-state index contributed by atoms with van der Waals surface area (Å²) < 4.78 is 64.5. The number of aromatic amines is 1. The van der Waals surface area contributed by atoms with Gasteiger partial charge in [-0.15, -0.1) is 0 Å². The van der Waals surface area contributed by atoms with Crippen molar-refractivity contribution in [3.8, 4) is 11.5 Å². The highest BCUT2D eigenvalue weighted by Gasteiger charge is 2.56. The van der Waals surface area contributed by atoms with Gasteiger partial charge in [0.05, 0.1) is 35.0 Å². The second-order valence-electron chi connectivity index (χ2n) is 10.0. The standard InChI is InChI=1S/C30H21F4N3O6S2/c1-42-20-12-14(6-11-19(20)43-13-21(38)35-18-5-3-2-4-17(18)30(32,33)34)22-23-25(44-26-24(22)45-29(41)36-26)28(40)37(27(23)39)16-9-7-15(31)8-10-16/h2-12,22-23,25H,13H2,1H3,(H,35,38)(H,36,41)/t22-,23-,25+/m0/s1. The van der Waals surface area contributed by atoms with Gasteiger partial charge in [0.2, 0.25) is 11.8 Å². The number of amides is 3. The molecule has 0 saturated carbocycles. The van der Waals surface area contributed by atoms with Crippen molar-refractivity contribution < 1.29 is 41.4 Å². The van der Waals surface area contributed by atoms with E-state index in [4.69, 9.17) is 9.47 Å². The first-order chi connectivity index (χ1) is 21.5. The molecule has 0 spiro atoms. The Morgan fingerprint density at radius 2 is 1.73 bits per heavy atom. The van der Waals surface area contributed by atoms with Gasteiger partial charge in [-0.25, -0.2) is 9.29 Å². The maximum atomic E-state index is 13.8. The fourth-order valence-corrected chi connectivity index (χ4v) is 7.90. The molecule has 3 amide bonds. The highest BCUT2D eigenvalue weighted by molar-refractivity contribution is 8.00. The maximum absolute atomic E-state index is 13.8. The van der Waals surface area contributed by atoms with Crippen molar-refractivity contribution in [3.63, 3.8) is 0 Å². The number of rotatable bonds is 7. The summed E-state index contributed by atoms with van der Waals surface area (Å²) in [4.78, 5) is 56.1. The van der Waals surface area contributed by atoms with Crippen molar-refractivity contribution in [2.24, 2.45) is 5.92 Å². The van der Waals surface area contributed by atoms with E-state index in [-0.39, 0.29) is 22.1 Å². The number of aromatic nitrogens is 1. The van der Waals surface area contributed by atoms with Gasteiger partial charge in [0.1, 0.15) is 11.1 Å². The number of nitrogens with one attached hydrogen (secondary N) is 2. The van der Waals surface area contributed by atoms with Gasteiger partial charge in [-0.3, -0.25) is 19.2 Å². The molecule has 1 saturated heterocycles. The predicted molar refractivity (Wildman–Crippen MR) is 157 cm³/mol. The number of H-pyrrole nitrogens is 1. The van der Waals surface area contributed by atoms with Gasteiger partial charge in [0.15, 0.2) is 18.1 Å². The first-order valence-electron chi connectivity index (χ1n) is 13.3. The van der Waals surface area contributed by atoms with E-state index in [1.54, 1.807) is 12.1 Å². The molecule has 2 aliphatic rings. The summed E-state index contributed by atoms with van der Waals surface area (Å²) >= 11 is 2.00. The number of carbonyl (C=O) groups excluding carboxylic acids is 3. The summed E-state index contributed by atoms with van der Waals surface area (Å²) in [5.41, 5.74) is -0.697. The number of imide groups is 1. The van der Waals surface area contributed by atoms with E-state index in [0.29, 0.717) is 15.5 Å². The van der Waals surface area contributed by atoms with Crippen LogP contribution in [0.5, 0.6) is 11.5 Å². The van der Waals surface area contributed by atoms with Crippen molar-refractivity contribution in [1.82, 2.24) is 4.98 Å². The highest BCUT2D eigenvalue weighted by atomic mass is 32.2. The smallest absolute Gasteiger partial charge is 0.418 e. The zero-order valence-electron chi connectivity index (χ0n) is 23.0. The lowest BCUT2D eigenvalue weighted by molar-refractivity contribution is -0.137. The molecule has 0 aliphatic carbocycles. The average molecular weight is 660 g/mol. The molecule has 9 nitrogen and oxygen atoms in total. The number of nitrogens with zero attached hydrogens (tertiary/aromatic N) is 1. The van der Waals surface area contributed by atoms with Gasteiger partial charge in [-0.2, -0.15) is 13.2 Å². The van der Waals surface area contributed by atoms with Crippen molar-refractivity contribution >= 4 is 52.2 Å². The van der Waals surface area contributed by atoms with Crippen LogP contribution in [0, 0.1) is 11.7 Å². The van der Waals surface area contributed by atoms with E-state index in [1.165, 1.54) is 37.4 Å². The first-order valence-corrected chi connectivity index (χ1v) is 15.0. The van der Waals surface area contributed by atoms with Crippen LogP contribution in [0.1, 0.15) is 21.9 Å². The zero-order valence-corrected chi connectivity index (χ0v) is 24.6. The number of thiazole rings is 1. The molecule has 1 aromatic heterocycles. The van der Waals surface area contributed by atoms with Crippen molar-refractivity contribution in [2.75, 3.05) is 23.9 Å². The van der Waals surface area contributed by atoms with Gasteiger partial charge in [-0.1, -0.05) is 41.3 Å². The number of benzene rings is 3. The average Bonchev–Trinajstić information content (AvgIpc) is 3.50. The minimum absolute atomic E-state index is 0.0893. The van der Waals surface area contributed by atoms with Crippen LogP contribution in [0.2, 0.25) is 0 Å². The molecule has 3 aromatic carbocycles. The molecular formula is C30H21F4N3O6S2. The molecule has 6 rings (SSSR count). The van der Waals surface area contributed by atoms with Gasteiger partial charge < -0.3 is 19.8 Å². The van der Waals surface area contributed by atoms with Crippen LogP contribution in [0.4, 0.5) is 28.9 Å². The largest absolute Gasteiger partial charge is 0.493 e. The van der Waals surface area contributed by atoms with E-state index < -0.39 is 64.7 Å². The lowest BCUT2D eigenvalue weighted by Gasteiger charge is -2.30. The second-order valence-corrected chi connectivity index (χ2v) is 12.2. The summed E-state index contributed by atoms with van der Waals surface area (Å²) in [6, 6.07) is 14.1. The summed E-state index contributed by atoms with van der Waals surface area (Å²) in [6.45, 7) is -0.643. The molecule has 1 fully saturated rings. The number of para-hydroxylation sites is 1. The van der Waals surface area contributed by atoms with E-state index >= 15 is 0 Å². The van der Waals surface area contributed by atoms with Crippen LogP contribution >= 0.6 is 23.1 Å². The normalized spacial score (nSPS) is 19.2. The van der Waals surface area contributed by atoms with Crippen LogP contribution in [-0.2, 0) is 20.6 Å². The van der Waals surface area contributed by atoms with E-state index in [2.05, 4.69) is 10.3 Å². The third kappa shape index (κ3) is 5.68. The zero-order chi connectivity index (χ0) is 32.0. The minimum Gasteiger partial charge on any atom is -0.493 e. The van der Waals surface area contributed by atoms with Crippen molar-refractivity contribution in [2.45, 2.75) is 22.4 Å². The van der Waals surface area contributed by atoms with Crippen LogP contribution in [0.15, 0.2) is 76.6 Å². The second kappa shape index (κ2) is 11.7. The van der Waals surface area contributed by atoms with Crippen molar-refractivity contribution in [3.05, 3.63) is 98.2 Å². The Morgan fingerprint density at radius 3 is 2.44 bits per heavy atom. The first kappa shape index (κ1) is 30.4. The number of alkyl halides is 3. The van der Waals surface area contributed by atoms with Crippen LogP contribution in [0.25, 0.3) is 0 Å². The number of ether oxygens (including phenoxy) is 2. The molecule has 232 valence electrons. The van der Waals surface area contributed by atoms with Crippen LogP contribution < -0.4 is 24.6 Å². The predicted octanol–water partition coefficient (Wildman–Crippen LogP) is 5.42. The molecule has 3 heterocycles. The Balaban J connectivity index is 1.28. The molecule has 2 N–H and O–H groups in total. The molecule has 45 heavy (non-hydrogen) atoms. The topological polar surface area (TPSA) is 118 Å². The molecule has 15 heteroatoms. The number of halogens is 4. The summed E-state index contributed by atoms with van der Waals surface area (Å²) in [5, 5.41) is 1.78. The summed E-state index contributed by atoms with van der Waals surface area (Å²) in [6.07, 6.45) is -4.67. The van der Waals surface area contributed by atoms with Gasteiger partial charge in [-0.05, 0) is 54.1 Å². The Morgan fingerprint density at radius 1 is 1.00 bits per heavy atom. The van der Waals surface area contributed by atoms with Gasteiger partial charge in [0.25, 0.3) is 5.91 Å². The lowest BCUT2D eigenvalue weighted by Crippen LogP contribution is -2.32. The molecule has 0 bridgehead atoms. The molecule has 0 radical (unpaired) electrons. The Labute approximate surface area is 260 Å². The quantitative estimate of drug-likeness (QED) is 0.201. The number of anilines is 2. The molecule has 2 aliphatic heterocycles. The molecular weight excluding hydrogens is 638 g/mol. The van der Waals surface area contributed by atoms with E-state index in [9.17, 15) is 36.7 Å². The fraction of sp³-hybridized carbons (Fsp3) is 0.200. The summed E-state index contributed by atoms with van der Waals surface area (Å²) in [7, 11) is 1.34. The highest BCUT2D eigenvalue weighted by Crippen LogP contribution is 2.53. The monoisotopic (exact) mass is 659 g/mol. The number of thioether (sulfide) groups is 1. The number of methoxy groups -OCH3 is 1. The molecule has 0 unspecified atom stereocenters. The third-order valence-electron chi connectivity index (χ3n) is 7.32. The van der Waals surface area contributed by atoms with Gasteiger partial charge >= 0.3 is 11.0 Å². The summed E-state index contributed by atoms with van der Waals surface area (Å²) in [5.74, 6) is -3.83. The number of hydrogen-bond donors (Lipinski definition) is 2. The number of hydrogen-bond acceptors (Lipinski definition) is 8. The van der Waals surface area contributed by atoms with Crippen molar-refractivity contribution in [1.29, 1.82) is 0 Å². The fourth-order valence-electron chi connectivity index (χ4n) is 5.39. The lowest BCUT2D eigenvalue weighted by atomic mass is 9.83. The number of carbonyl (C=O) groups is 3. The molecule has 4 aromatic rings. The van der Waals surface area contributed by atoms with E-state index in [1.807, 2.05) is 0 Å².